The molecule has 0 heterocycles. The molecule has 5 N–H and O–H groups in total. The Labute approximate surface area is 91.8 Å². The molecule has 1 atom stereocenters. The SMILES string of the molecule is [B]CCCCC(N)(C(=O)O)C1CC(N)C1. The predicted octanol–water partition coefficient (Wildman–Crippen LogP) is 0.263. The fourth-order valence-electron chi connectivity index (χ4n) is 2.13. The fraction of sp³-hybridized carbons (Fsp3) is 0.900. The van der Waals surface area contributed by atoms with E-state index in [0.29, 0.717) is 12.7 Å². The molecule has 0 amide bonds. The maximum absolute atomic E-state index is 11.2. The number of hydrogen-bond acceptors (Lipinski definition) is 3. The van der Waals surface area contributed by atoms with Crippen LogP contribution in [0.3, 0.4) is 0 Å². The first-order chi connectivity index (χ1) is 7.00. The number of unbranched alkanes of at least 4 members (excludes halogenated alkanes) is 1. The van der Waals surface area contributed by atoms with Crippen molar-refractivity contribution in [2.24, 2.45) is 17.4 Å². The lowest BCUT2D eigenvalue weighted by atomic mass is 9.66. The third-order valence-electron chi connectivity index (χ3n) is 3.35. The number of hydrogen-bond donors (Lipinski definition) is 3. The first-order valence-corrected chi connectivity index (χ1v) is 5.48. The Bertz CT molecular complexity index is 231. The van der Waals surface area contributed by atoms with E-state index in [1.54, 1.807) is 0 Å². The number of carbonyl (C=O) groups is 1. The third-order valence-corrected chi connectivity index (χ3v) is 3.35. The van der Waals surface area contributed by atoms with Gasteiger partial charge in [0.2, 0.25) is 0 Å². The fourth-order valence-corrected chi connectivity index (χ4v) is 2.13. The van der Waals surface area contributed by atoms with Crippen molar-refractivity contribution in [2.75, 3.05) is 0 Å². The molecule has 0 aliphatic heterocycles. The van der Waals surface area contributed by atoms with Crippen LogP contribution in [0, 0.1) is 5.92 Å². The van der Waals surface area contributed by atoms with Crippen LogP contribution in [-0.4, -0.2) is 30.5 Å². The molecule has 1 fully saturated rings. The first kappa shape index (κ1) is 12.5. The van der Waals surface area contributed by atoms with Gasteiger partial charge in [0.05, 0.1) is 7.85 Å². The Balaban J connectivity index is 2.50. The number of nitrogens with two attached hydrogens (primary N) is 2. The van der Waals surface area contributed by atoms with Crippen LogP contribution in [0.25, 0.3) is 0 Å². The summed E-state index contributed by atoms with van der Waals surface area (Å²) < 4.78 is 0. The van der Waals surface area contributed by atoms with Crippen molar-refractivity contribution < 1.29 is 9.90 Å². The van der Waals surface area contributed by atoms with Gasteiger partial charge in [-0.2, -0.15) is 0 Å². The summed E-state index contributed by atoms with van der Waals surface area (Å²) in [4.78, 5) is 11.2. The normalized spacial score (nSPS) is 29.2. The van der Waals surface area contributed by atoms with Gasteiger partial charge in [0.25, 0.3) is 0 Å². The van der Waals surface area contributed by atoms with E-state index in [2.05, 4.69) is 0 Å². The average molecular weight is 210 g/mol. The van der Waals surface area contributed by atoms with Crippen LogP contribution in [-0.2, 0) is 4.79 Å². The molecule has 0 saturated heterocycles. The Morgan fingerprint density at radius 3 is 2.47 bits per heavy atom. The number of aliphatic carboxylic acids is 1. The molecule has 5 heteroatoms. The molecule has 15 heavy (non-hydrogen) atoms. The van der Waals surface area contributed by atoms with Gasteiger partial charge in [-0.3, -0.25) is 4.79 Å². The summed E-state index contributed by atoms with van der Waals surface area (Å²) >= 11 is 0. The second-order valence-corrected chi connectivity index (χ2v) is 4.52. The van der Waals surface area contributed by atoms with Gasteiger partial charge in [-0.1, -0.05) is 19.2 Å². The molecule has 2 radical (unpaired) electrons. The molecule has 1 aliphatic rings. The molecule has 4 nitrogen and oxygen atoms in total. The van der Waals surface area contributed by atoms with Crippen molar-refractivity contribution in [3.8, 4) is 0 Å². The Morgan fingerprint density at radius 1 is 1.47 bits per heavy atom. The molecule has 84 valence electrons. The van der Waals surface area contributed by atoms with Crippen molar-refractivity contribution in [3.05, 3.63) is 0 Å². The molecule has 0 aromatic heterocycles. The zero-order chi connectivity index (χ0) is 11.5. The van der Waals surface area contributed by atoms with Crippen LogP contribution in [0.1, 0.15) is 32.1 Å². The Kier molecular flexibility index (Phi) is 4.17. The maximum atomic E-state index is 11.2. The van der Waals surface area contributed by atoms with E-state index in [4.69, 9.17) is 24.4 Å². The lowest BCUT2D eigenvalue weighted by Gasteiger charge is -2.43. The van der Waals surface area contributed by atoms with Gasteiger partial charge < -0.3 is 16.6 Å². The van der Waals surface area contributed by atoms with Crippen LogP contribution in [0.4, 0.5) is 0 Å². The van der Waals surface area contributed by atoms with E-state index in [1.807, 2.05) is 0 Å². The minimum atomic E-state index is -1.09. The highest BCUT2D eigenvalue weighted by Crippen LogP contribution is 2.37. The van der Waals surface area contributed by atoms with E-state index in [9.17, 15) is 4.79 Å². The summed E-state index contributed by atoms with van der Waals surface area (Å²) in [6.45, 7) is 0. The largest absolute Gasteiger partial charge is 0.480 e. The van der Waals surface area contributed by atoms with Crippen LogP contribution >= 0.6 is 0 Å². The van der Waals surface area contributed by atoms with Crippen LogP contribution in [0.2, 0.25) is 6.32 Å². The summed E-state index contributed by atoms with van der Waals surface area (Å²) in [5.74, 6) is -0.876. The monoisotopic (exact) mass is 210 g/mol. The number of rotatable bonds is 6. The van der Waals surface area contributed by atoms with Gasteiger partial charge in [-0.15, -0.1) is 0 Å². The average Bonchev–Trinajstić information content (AvgIpc) is 2.13. The molecule has 0 bridgehead atoms. The van der Waals surface area contributed by atoms with Crippen LogP contribution in [0.15, 0.2) is 0 Å². The molecular weight excluding hydrogens is 191 g/mol. The van der Waals surface area contributed by atoms with E-state index < -0.39 is 11.5 Å². The predicted molar refractivity (Wildman–Crippen MR) is 59.7 cm³/mol. The van der Waals surface area contributed by atoms with Gasteiger partial charge in [-0.25, -0.2) is 0 Å². The van der Waals surface area contributed by atoms with E-state index >= 15 is 0 Å². The molecule has 0 aromatic rings. The Hall–Kier alpha value is -0.545. The third kappa shape index (κ3) is 2.72. The molecule has 0 spiro atoms. The Morgan fingerprint density at radius 2 is 2.07 bits per heavy atom. The summed E-state index contributed by atoms with van der Waals surface area (Å²) in [5, 5.41) is 9.16. The smallest absolute Gasteiger partial charge is 0.323 e. The minimum Gasteiger partial charge on any atom is -0.480 e. The second-order valence-electron chi connectivity index (χ2n) is 4.52. The van der Waals surface area contributed by atoms with Crippen molar-refractivity contribution in [2.45, 2.75) is 50.0 Å². The number of carboxylic acid groups (broad SMARTS) is 1. The first-order valence-electron chi connectivity index (χ1n) is 5.48. The van der Waals surface area contributed by atoms with Gasteiger partial charge in [0.1, 0.15) is 5.54 Å². The van der Waals surface area contributed by atoms with Gasteiger partial charge in [0, 0.05) is 6.04 Å². The van der Waals surface area contributed by atoms with Gasteiger partial charge in [0.15, 0.2) is 0 Å². The summed E-state index contributed by atoms with van der Waals surface area (Å²) in [5.41, 5.74) is 10.5. The highest BCUT2D eigenvalue weighted by atomic mass is 16.4. The highest BCUT2D eigenvalue weighted by Gasteiger charge is 2.47. The van der Waals surface area contributed by atoms with Crippen molar-refractivity contribution in [1.29, 1.82) is 0 Å². The molecule has 1 rings (SSSR count). The van der Waals surface area contributed by atoms with E-state index in [1.165, 1.54) is 0 Å². The quantitative estimate of drug-likeness (QED) is 0.433. The van der Waals surface area contributed by atoms with Gasteiger partial charge >= 0.3 is 5.97 Å². The standard InChI is InChI=1S/C10H19BN2O2/c11-4-2-1-3-10(13,9(14)15)7-5-8(12)6-7/h7-8H,1-6,12-13H2,(H,14,15). The zero-order valence-corrected chi connectivity index (χ0v) is 8.98. The number of carboxylic acids is 1. The topological polar surface area (TPSA) is 89.3 Å². The van der Waals surface area contributed by atoms with Crippen LogP contribution < -0.4 is 11.5 Å². The summed E-state index contributed by atoms with van der Waals surface area (Å²) in [7, 11) is 5.37. The van der Waals surface area contributed by atoms with Crippen LogP contribution in [0.5, 0.6) is 0 Å². The molecule has 1 saturated carbocycles. The van der Waals surface area contributed by atoms with Crippen molar-refractivity contribution >= 4 is 13.8 Å². The molecular formula is C10H19BN2O2. The maximum Gasteiger partial charge on any atom is 0.323 e. The van der Waals surface area contributed by atoms with Gasteiger partial charge in [-0.05, 0) is 25.2 Å². The lowest BCUT2D eigenvalue weighted by Crippen LogP contribution is -2.60. The summed E-state index contributed by atoms with van der Waals surface area (Å²) in [6, 6.07) is 0.131. The molecule has 1 aliphatic carbocycles. The zero-order valence-electron chi connectivity index (χ0n) is 8.98. The summed E-state index contributed by atoms with van der Waals surface area (Å²) in [6.07, 6.45) is 4.13. The second kappa shape index (κ2) is 4.99. The minimum absolute atomic E-state index is 0.0303. The van der Waals surface area contributed by atoms with Crippen molar-refractivity contribution in [1.82, 2.24) is 0 Å². The molecule has 0 aromatic carbocycles. The molecule has 1 unspecified atom stereocenters. The lowest BCUT2D eigenvalue weighted by molar-refractivity contribution is -0.147. The van der Waals surface area contributed by atoms with Crippen molar-refractivity contribution in [3.63, 3.8) is 0 Å². The van der Waals surface area contributed by atoms with E-state index in [0.717, 1.165) is 25.7 Å². The van der Waals surface area contributed by atoms with E-state index in [-0.39, 0.29) is 12.0 Å². The highest BCUT2D eigenvalue weighted by molar-refractivity contribution is 6.08.